The molecule has 13 heavy (non-hydrogen) atoms. The molecule has 66 valence electrons. The van der Waals surface area contributed by atoms with Crippen molar-refractivity contribution in [2.45, 2.75) is 13.1 Å². The SMILES string of the molecule is N#Cc1cnc2n(c1=O)CCNC2. The highest BCUT2D eigenvalue weighted by atomic mass is 16.1. The van der Waals surface area contributed by atoms with Crippen LogP contribution in [-0.4, -0.2) is 16.1 Å². The summed E-state index contributed by atoms with van der Waals surface area (Å²) in [5.41, 5.74) is -0.111. The van der Waals surface area contributed by atoms with E-state index in [1.165, 1.54) is 6.20 Å². The van der Waals surface area contributed by atoms with E-state index in [0.29, 0.717) is 18.9 Å². The van der Waals surface area contributed by atoms with Crippen LogP contribution in [0.15, 0.2) is 11.0 Å². The van der Waals surface area contributed by atoms with Crippen LogP contribution in [0.2, 0.25) is 0 Å². The molecule has 2 heterocycles. The van der Waals surface area contributed by atoms with Gasteiger partial charge in [-0.3, -0.25) is 9.36 Å². The minimum absolute atomic E-state index is 0.116. The average molecular weight is 176 g/mol. The second kappa shape index (κ2) is 2.99. The number of hydrogen-bond acceptors (Lipinski definition) is 4. The molecule has 2 rings (SSSR count). The zero-order valence-corrected chi connectivity index (χ0v) is 6.95. The fraction of sp³-hybridized carbons (Fsp3) is 0.375. The van der Waals surface area contributed by atoms with Crippen LogP contribution in [0.4, 0.5) is 0 Å². The van der Waals surface area contributed by atoms with Gasteiger partial charge in [0.25, 0.3) is 5.56 Å². The predicted octanol–water partition coefficient (Wildman–Crippen LogP) is -0.782. The summed E-state index contributed by atoms with van der Waals surface area (Å²) < 4.78 is 1.55. The second-order valence-corrected chi connectivity index (χ2v) is 2.83. The Morgan fingerprint density at radius 2 is 2.54 bits per heavy atom. The van der Waals surface area contributed by atoms with Crippen molar-refractivity contribution >= 4 is 0 Å². The lowest BCUT2D eigenvalue weighted by molar-refractivity contribution is 0.480. The Morgan fingerprint density at radius 1 is 1.69 bits per heavy atom. The first-order valence-corrected chi connectivity index (χ1v) is 4.02. The molecule has 0 radical (unpaired) electrons. The molecule has 0 saturated heterocycles. The van der Waals surface area contributed by atoms with E-state index >= 15 is 0 Å². The molecule has 1 aromatic heterocycles. The smallest absolute Gasteiger partial charge is 0.271 e. The van der Waals surface area contributed by atoms with Crippen LogP contribution in [0.3, 0.4) is 0 Å². The van der Waals surface area contributed by atoms with Crippen molar-refractivity contribution in [2.75, 3.05) is 6.54 Å². The van der Waals surface area contributed by atoms with E-state index in [1.54, 1.807) is 4.57 Å². The molecule has 0 saturated carbocycles. The van der Waals surface area contributed by atoms with Gasteiger partial charge >= 0.3 is 0 Å². The number of hydrogen-bond donors (Lipinski definition) is 1. The van der Waals surface area contributed by atoms with Gasteiger partial charge in [0.05, 0.1) is 12.7 Å². The van der Waals surface area contributed by atoms with Gasteiger partial charge in [-0.2, -0.15) is 5.26 Å². The first-order valence-electron chi connectivity index (χ1n) is 4.02. The third-order valence-electron chi connectivity index (χ3n) is 2.05. The Kier molecular flexibility index (Phi) is 1.83. The molecule has 0 bridgehead atoms. The molecule has 5 heteroatoms. The van der Waals surface area contributed by atoms with Crippen molar-refractivity contribution in [3.05, 3.63) is 27.9 Å². The Morgan fingerprint density at radius 3 is 3.31 bits per heavy atom. The lowest BCUT2D eigenvalue weighted by Gasteiger charge is -2.17. The van der Waals surface area contributed by atoms with Crippen molar-refractivity contribution < 1.29 is 0 Å². The Hall–Kier alpha value is -1.67. The van der Waals surface area contributed by atoms with Crippen molar-refractivity contribution in [2.24, 2.45) is 0 Å². The topological polar surface area (TPSA) is 70.7 Å². The second-order valence-electron chi connectivity index (χ2n) is 2.83. The van der Waals surface area contributed by atoms with Crippen LogP contribution < -0.4 is 10.9 Å². The van der Waals surface area contributed by atoms with Gasteiger partial charge in [-0.05, 0) is 0 Å². The number of rotatable bonds is 0. The van der Waals surface area contributed by atoms with Crippen molar-refractivity contribution in [3.8, 4) is 6.07 Å². The summed E-state index contributed by atoms with van der Waals surface area (Å²) in [7, 11) is 0. The summed E-state index contributed by atoms with van der Waals surface area (Å²) in [5.74, 6) is 0.704. The summed E-state index contributed by atoms with van der Waals surface area (Å²) in [6.45, 7) is 1.95. The van der Waals surface area contributed by atoms with E-state index in [9.17, 15) is 4.79 Å². The van der Waals surface area contributed by atoms with Crippen molar-refractivity contribution in [1.29, 1.82) is 5.26 Å². The highest BCUT2D eigenvalue weighted by Gasteiger charge is 2.12. The summed E-state index contributed by atoms with van der Waals surface area (Å²) in [4.78, 5) is 15.5. The van der Waals surface area contributed by atoms with E-state index < -0.39 is 0 Å². The molecule has 1 N–H and O–H groups in total. The Balaban J connectivity index is 2.64. The van der Waals surface area contributed by atoms with Gasteiger partial charge in [0.15, 0.2) is 0 Å². The minimum atomic E-state index is -0.228. The molecule has 0 unspecified atom stereocenters. The molecule has 1 aliphatic rings. The van der Waals surface area contributed by atoms with Gasteiger partial charge in [0.1, 0.15) is 17.5 Å². The van der Waals surface area contributed by atoms with Crippen molar-refractivity contribution in [3.63, 3.8) is 0 Å². The van der Waals surface area contributed by atoms with Gasteiger partial charge < -0.3 is 5.32 Å². The summed E-state index contributed by atoms with van der Waals surface area (Å²) in [6.07, 6.45) is 1.33. The first kappa shape index (κ1) is 7.95. The molecule has 1 aliphatic heterocycles. The fourth-order valence-electron chi connectivity index (χ4n) is 1.37. The number of aromatic nitrogens is 2. The van der Waals surface area contributed by atoms with E-state index in [1.807, 2.05) is 6.07 Å². The van der Waals surface area contributed by atoms with Gasteiger partial charge in [-0.25, -0.2) is 4.98 Å². The molecular weight excluding hydrogens is 168 g/mol. The number of nitriles is 1. The zero-order chi connectivity index (χ0) is 9.26. The molecule has 0 aromatic carbocycles. The number of nitrogens with one attached hydrogen (secondary N) is 1. The average Bonchev–Trinajstić information content (AvgIpc) is 2.19. The summed E-state index contributed by atoms with van der Waals surface area (Å²) in [5, 5.41) is 11.7. The fourth-order valence-corrected chi connectivity index (χ4v) is 1.37. The summed E-state index contributed by atoms with van der Waals surface area (Å²) >= 11 is 0. The summed E-state index contributed by atoms with van der Waals surface area (Å²) in [6, 6.07) is 1.83. The van der Waals surface area contributed by atoms with Crippen molar-refractivity contribution in [1.82, 2.24) is 14.9 Å². The maximum atomic E-state index is 11.5. The van der Waals surface area contributed by atoms with Crippen LogP contribution in [0.25, 0.3) is 0 Å². The lowest BCUT2D eigenvalue weighted by atomic mass is 10.3. The third-order valence-corrected chi connectivity index (χ3v) is 2.05. The number of nitrogens with zero attached hydrogens (tertiary/aromatic N) is 3. The van der Waals surface area contributed by atoms with E-state index in [4.69, 9.17) is 5.26 Å². The molecule has 0 spiro atoms. The van der Waals surface area contributed by atoms with Crippen LogP contribution in [0, 0.1) is 11.3 Å². The van der Waals surface area contributed by atoms with Crippen LogP contribution >= 0.6 is 0 Å². The quantitative estimate of drug-likeness (QED) is 0.562. The molecule has 0 fully saturated rings. The standard InChI is InChI=1S/C8H8N4O/c9-3-6-4-11-7-5-10-1-2-12(7)8(6)13/h4,10H,1-2,5H2. The zero-order valence-electron chi connectivity index (χ0n) is 6.95. The molecule has 5 nitrogen and oxygen atoms in total. The van der Waals surface area contributed by atoms with Gasteiger partial charge in [-0.15, -0.1) is 0 Å². The third kappa shape index (κ3) is 1.21. The first-order chi connectivity index (χ1) is 6.33. The highest BCUT2D eigenvalue weighted by Crippen LogP contribution is 1.98. The maximum absolute atomic E-state index is 11.5. The monoisotopic (exact) mass is 176 g/mol. The predicted molar refractivity (Wildman–Crippen MR) is 44.9 cm³/mol. The van der Waals surface area contributed by atoms with Gasteiger partial charge in [0.2, 0.25) is 0 Å². The molecule has 0 atom stereocenters. The Labute approximate surface area is 74.6 Å². The number of fused-ring (bicyclic) bond motifs is 1. The lowest BCUT2D eigenvalue weighted by Crippen LogP contribution is -2.37. The molecule has 0 amide bonds. The molecule has 1 aromatic rings. The van der Waals surface area contributed by atoms with E-state index in [0.717, 1.165) is 6.54 Å². The van der Waals surface area contributed by atoms with E-state index in [2.05, 4.69) is 10.3 Å². The minimum Gasteiger partial charge on any atom is -0.308 e. The molecule has 0 aliphatic carbocycles. The maximum Gasteiger partial charge on any atom is 0.271 e. The highest BCUT2D eigenvalue weighted by molar-refractivity contribution is 5.23. The van der Waals surface area contributed by atoms with E-state index in [-0.39, 0.29) is 11.1 Å². The van der Waals surface area contributed by atoms with Gasteiger partial charge in [0, 0.05) is 13.1 Å². The Bertz CT molecular complexity index is 429. The largest absolute Gasteiger partial charge is 0.308 e. The normalized spacial score (nSPS) is 14.7. The van der Waals surface area contributed by atoms with Crippen LogP contribution in [-0.2, 0) is 13.1 Å². The van der Waals surface area contributed by atoms with Crippen LogP contribution in [0.1, 0.15) is 11.4 Å². The molecular formula is C8H8N4O. The van der Waals surface area contributed by atoms with Crippen LogP contribution in [0.5, 0.6) is 0 Å². The van der Waals surface area contributed by atoms with Gasteiger partial charge in [-0.1, -0.05) is 0 Å².